The summed E-state index contributed by atoms with van der Waals surface area (Å²) in [5.74, 6) is 0.930. The van der Waals surface area contributed by atoms with Crippen LogP contribution in [-0.2, 0) is 0 Å². The van der Waals surface area contributed by atoms with E-state index in [2.05, 4.69) is 10.6 Å². The molecular formula is C30H27FN2O4. The molecule has 3 aliphatic rings. The average Bonchev–Trinajstić information content (AvgIpc) is 3.23. The van der Waals surface area contributed by atoms with E-state index < -0.39 is 0 Å². The number of nitrogens with one attached hydrogen (secondary N) is 2. The van der Waals surface area contributed by atoms with Crippen LogP contribution in [0.25, 0.3) is 33.4 Å². The first-order valence-corrected chi connectivity index (χ1v) is 12.5. The largest absolute Gasteiger partial charge is 0.493 e. The van der Waals surface area contributed by atoms with E-state index in [1.807, 2.05) is 37.3 Å². The second kappa shape index (κ2) is 8.76. The van der Waals surface area contributed by atoms with Crippen molar-refractivity contribution < 1.29 is 23.1 Å². The van der Waals surface area contributed by atoms with Crippen LogP contribution in [0.4, 0.5) is 4.39 Å². The third-order valence-electron chi connectivity index (χ3n) is 7.50. The number of halogens is 1. The normalized spacial score (nSPS) is 19.6. The van der Waals surface area contributed by atoms with Crippen molar-refractivity contribution in [2.24, 2.45) is 5.92 Å². The second-order valence-electron chi connectivity index (χ2n) is 9.96. The van der Waals surface area contributed by atoms with Gasteiger partial charge < -0.3 is 19.8 Å². The zero-order valence-corrected chi connectivity index (χ0v) is 20.7. The molecule has 1 aromatic heterocycles. The number of rotatable bonds is 7. The first-order valence-electron chi connectivity index (χ1n) is 12.5. The van der Waals surface area contributed by atoms with Gasteiger partial charge in [0.05, 0.1) is 12.2 Å². The molecule has 4 aromatic rings. The Bertz CT molecular complexity index is 1520. The number of amides is 2. The zero-order valence-electron chi connectivity index (χ0n) is 20.7. The Morgan fingerprint density at radius 2 is 1.78 bits per heavy atom. The second-order valence-corrected chi connectivity index (χ2v) is 9.96. The Morgan fingerprint density at radius 1 is 1.03 bits per heavy atom. The summed E-state index contributed by atoms with van der Waals surface area (Å²) < 4.78 is 25.7. The molecule has 37 heavy (non-hydrogen) atoms. The molecule has 2 amide bonds. The summed E-state index contributed by atoms with van der Waals surface area (Å²) in [5, 5.41) is 6.50. The van der Waals surface area contributed by atoms with Gasteiger partial charge in [-0.05, 0) is 80.1 Å². The molecule has 0 spiro atoms. The molecule has 188 valence electrons. The lowest BCUT2D eigenvalue weighted by Gasteiger charge is -2.61. The van der Waals surface area contributed by atoms with Crippen LogP contribution in [0.2, 0.25) is 0 Å². The summed E-state index contributed by atoms with van der Waals surface area (Å²) in [5.41, 5.74) is 3.52. The van der Waals surface area contributed by atoms with E-state index in [9.17, 15) is 14.0 Å². The van der Waals surface area contributed by atoms with Crippen LogP contribution in [0, 0.1) is 11.7 Å². The van der Waals surface area contributed by atoms with Crippen molar-refractivity contribution in [1.29, 1.82) is 0 Å². The maximum Gasteiger partial charge on any atom is 0.255 e. The summed E-state index contributed by atoms with van der Waals surface area (Å²) in [7, 11) is 1.55. The van der Waals surface area contributed by atoms with Crippen molar-refractivity contribution in [1.82, 2.24) is 10.6 Å². The highest BCUT2D eigenvalue weighted by molar-refractivity contribution is 6.12. The van der Waals surface area contributed by atoms with E-state index >= 15 is 0 Å². The lowest BCUT2D eigenvalue weighted by Crippen LogP contribution is -2.68. The monoisotopic (exact) mass is 498 g/mol. The van der Waals surface area contributed by atoms with Crippen molar-refractivity contribution in [3.8, 4) is 28.2 Å². The Kier molecular flexibility index (Phi) is 5.51. The number of carbonyl (C=O) groups is 2. The van der Waals surface area contributed by atoms with Crippen LogP contribution in [0.1, 0.15) is 46.9 Å². The molecule has 0 aliphatic heterocycles. The maximum absolute atomic E-state index is 13.6. The summed E-state index contributed by atoms with van der Waals surface area (Å²) in [6, 6.07) is 16.9. The quantitative estimate of drug-likeness (QED) is 0.330. The zero-order chi connectivity index (χ0) is 25.7. The Labute approximate surface area is 213 Å². The molecule has 1 heterocycles. The highest BCUT2D eigenvalue weighted by atomic mass is 19.1. The van der Waals surface area contributed by atoms with Gasteiger partial charge in [-0.15, -0.1) is 0 Å². The third kappa shape index (κ3) is 3.95. The fourth-order valence-electron chi connectivity index (χ4n) is 5.55. The molecule has 2 N–H and O–H groups in total. The average molecular weight is 499 g/mol. The van der Waals surface area contributed by atoms with Crippen molar-refractivity contribution in [2.75, 3.05) is 13.7 Å². The Balaban J connectivity index is 1.46. The molecule has 3 aliphatic carbocycles. The van der Waals surface area contributed by atoms with Gasteiger partial charge in [0.2, 0.25) is 0 Å². The van der Waals surface area contributed by atoms with Gasteiger partial charge in [-0.25, -0.2) is 4.39 Å². The first-order chi connectivity index (χ1) is 17.9. The van der Waals surface area contributed by atoms with Crippen molar-refractivity contribution >= 4 is 22.8 Å². The molecule has 3 fully saturated rings. The highest BCUT2D eigenvalue weighted by Crippen LogP contribution is 2.57. The van der Waals surface area contributed by atoms with E-state index in [0.29, 0.717) is 45.8 Å². The summed E-state index contributed by atoms with van der Waals surface area (Å²) >= 11 is 0. The van der Waals surface area contributed by atoms with Gasteiger partial charge in [0, 0.05) is 40.7 Å². The third-order valence-corrected chi connectivity index (χ3v) is 7.50. The van der Waals surface area contributed by atoms with Crippen LogP contribution in [0.5, 0.6) is 5.75 Å². The van der Waals surface area contributed by atoms with E-state index in [4.69, 9.17) is 9.15 Å². The van der Waals surface area contributed by atoms with E-state index in [0.717, 1.165) is 36.3 Å². The number of hydrogen-bond acceptors (Lipinski definition) is 4. The fourth-order valence-corrected chi connectivity index (χ4v) is 5.55. The molecule has 3 saturated carbocycles. The molecule has 0 radical (unpaired) electrons. The minimum Gasteiger partial charge on any atom is -0.493 e. The van der Waals surface area contributed by atoms with Gasteiger partial charge in [0.15, 0.2) is 0 Å². The van der Waals surface area contributed by atoms with Gasteiger partial charge in [-0.3, -0.25) is 9.59 Å². The number of carbonyl (C=O) groups excluding carboxylic acids is 2. The minimum atomic E-state index is -0.375. The number of benzene rings is 3. The summed E-state index contributed by atoms with van der Waals surface area (Å²) in [4.78, 5) is 26.0. The molecule has 7 rings (SSSR count). The van der Waals surface area contributed by atoms with E-state index in [1.54, 1.807) is 25.2 Å². The molecule has 0 atom stereocenters. The van der Waals surface area contributed by atoms with Gasteiger partial charge in [-0.1, -0.05) is 12.1 Å². The summed E-state index contributed by atoms with van der Waals surface area (Å²) in [6.07, 6.45) is 3.22. The lowest BCUT2D eigenvalue weighted by molar-refractivity contribution is -0.0438. The number of hydrogen-bond donors (Lipinski definition) is 2. The molecule has 0 saturated heterocycles. The number of ether oxygens (including phenoxy) is 1. The van der Waals surface area contributed by atoms with Crippen LogP contribution in [0.3, 0.4) is 0 Å². The molecule has 0 unspecified atom stereocenters. The predicted molar refractivity (Wildman–Crippen MR) is 139 cm³/mol. The Hall–Kier alpha value is -4.13. The van der Waals surface area contributed by atoms with Crippen LogP contribution >= 0.6 is 0 Å². The van der Waals surface area contributed by atoms with Gasteiger partial charge in [0.1, 0.15) is 22.9 Å². The van der Waals surface area contributed by atoms with Crippen molar-refractivity contribution in [2.45, 2.75) is 31.7 Å². The maximum atomic E-state index is 13.6. The van der Waals surface area contributed by atoms with Gasteiger partial charge >= 0.3 is 0 Å². The van der Waals surface area contributed by atoms with Crippen LogP contribution < -0.4 is 15.4 Å². The van der Waals surface area contributed by atoms with Crippen molar-refractivity contribution in [3.05, 3.63) is 77.6 Å². The van der Waals surface area contributed by atoms with Crippen LogP contribution in [0.15, 0.2) is 65.1 Å². The molecule has 7 heteroatoms. The van der Waals surface area contributed by atoms with E-state index in [-0.39, 0.29) is 23.2 Å². The van der Waals surface area contributed by atoms with Gasteiger partial charge in [-0.2, -0.15) is 0 Å². The standard InChI is InChI=1S/C30H27FN2O4/c1-3-36-24-13-25-23(26(29(35)32-2)27(37-25)18-7-9-21(31)10-8-18)12-22(24)19-5-4-6-20(11-19)28(34)33-30-14-17(15-30)16-30/h4-13,17H,3,14-16H2,1-2H3,(H,32,35)(H,33,34). The molecular weight excluding hydrogens is 471 g/mol. The minimum absolute atomic E-state index is 0.0108. The lowest BCUT2D eigenvalue weighted by atomic mass is 9.50. The van der Waals surface area contributed by atoms with Crippen molar-refractivity contribution in [3.63, 3.8) is 0 Å². The molecule has 2 bridgehead atoms. The first kappa shape index (κ1) is 23.3. The SMILES string of the molecule is CCOc1cc2oc(-c3ccc(F)cc3)c(C(=O)NC)c2cc1-c1cccc(C(=O)NC23CC(C2)C3)c1. The molecule has 3 aromatic carbocycles. The number of furan rings is 1. The summed E-state index contributed by atoms with van der Waals surface area (Å²) in [6.45, 7) is 2.32. The fraction of sp³-hybridized carbons (Fsp3) is 0.267. The Morgan fingerprint density at radius 3 is 2.43 bits per heavy atom. The predicted octanol–water partition coefficient (Wildman–Crippen LogP) is 5.95. The highest BCUT2D eigenvalue weighted by Gasteiger charge is 2.57. The van der Waals surface area contributed by atoms with Crippen LogP contribution in [-0.4, -0.2) is 31.0 Å². The molecule has 6 nitrogen and oxygen atoms in total. The topological polar surface area (TPSA) is 80.6 Å². The number of fused-ring (bicyclic) bond motifs is 1. The smallest absolute Gasteiger partial charge is 0.255 e. The van der Waals surface area contributed by atoms with Gasteiger partial charge in [0.25, 0.3) is 11.8 Å². The van der Waals surface area contributed by atoms with E-state index in [1.165, 1.54) is 12.1 Å².